The first-order chi connectivity index (χ1) is 7.66. The lowest BCUT2D eigenvalue weighted by atomic mass is 10.2. The van der Waals surface area contributed by atoms with Crippen molar-refractivity contribution in [3.8, 4) is 0 Å². The third-order valence-corrected chi connectivity index (χ3v) is 3.89. The van der Waals surface area contributed by atoms with Crippen LogP contribution in [-0.2, 0) is 11.2 Å². The Morgan fingerprint density at radius 3 is 2.88 bits per heavy atom. The number of rotatable bonds is 3. The van der Waals surface area contributed by atoms with Crippen LogP contribution in [0.1, 0.15) is 31.4 Å². The van der Waals surface area contributed by atoms with Crippen molar-refractivity contribution in [2.45, 2.75) is 38.1 Å². The Morgan fingerprint density at radius 2 is 2.31 bits per heavy atom. The monoisotopic (exact) mass is 239 g/mol. The van der Waals surface area contributed by atoms with E-state index >= 15 is 0 Å². The minimum absolute atomic E-state index is 0.150. The number of nitrogens with two attached hydrogens (primary N) is 1. The third kappa shape index (κ3) is 2.52. The van der Waals surface area contributed by atoms with Gasteiger partial charge in [-0.15, -0.1) is 11.3 Å². The number of amides is 1. The highest BCUT2D eigenvalue weighted by Gasteiger charge is 2.23. The van der Waals surface area contributed by atoms with Gasteiger partial charge in [0.2, 0.25) is 5.91 Å². The molecule has 1 aromatic rings. The van der Waals surface area contributed by atoms with E-state index in [1.807, 2.05) is 17.3 Å². The largest absolute Gasteiger partial charge is 0.375 e. The zero-order chi connectivity index (χ0) is 11.5. The second-order valence-electron chi connectivity index (χ2n) is 4.30. The Balaban J connectivity index is 1.92. The molecule has 0 aliphatic heterocycles. The molecule has 0 radical (unpaired) electrons. The number of hydrogen-bond donors (Lipinski definition) is 1. The maximum absolute atomic E-state index is 12.0. The van der Waals surface area contributed by atoms with Crippen molar-refractivity contribution in [1.82, 2.24) is 9.88 Å². The molecule has 0 bridgehead atoms. The Bertz CT molecular complexity index is 371. The Hall–Kier alpha value is -1.10. The average molecular weight is 239 g/mol. The van der Waals surface area contributed by atoms with Gasteiger partial charge >= 0.3 is 0 Å². The van der Waals surface area contributed by atoms with Crippen LogP contribution in [0.4, 0.5) is 5.13 Å². The minimum Gasteiger partial charge on any atom is -0.375 e. The number of carbonyl (C=O) groups excluding carboxylic acids is 1. The molecule has 0 saturated heterocycles. The lowest BCUT2D eigenvalue weighted by molar-refractivity contribution is -0.131. The van der Waals surface area contributed by atoms with Crippen LogP contribution in [-0.4, -0.2) is 28.9 Å². The molecule has 2 rings (SSSR count). The van der Waals surface area contributed by atoms with Gasteiger partial charge in [-0.2, -0.15) is 0 Å². The first-order valence-electron chi connectivity index (χ1n) is 5.62. The Morgan fingerprint density at radius 1 is 1.62 bits per heavy atom. The number of nitrogens with zero attached hydrogens (tertiary/aromatic N) is 2. The van der Waals surface area contributed by atoms with Gasteiger partial charge in [-0.25, -0.2) is 4.98 Å². The second-order valence-corrected chi connectivity index (χ2v) is 5.19. The van der Waals surface area contributed by atoms with E-state index < -0.39 is 0 Å². The first kappa shape index (κ1) is 11.4. The van der Waals surface area contributed by atoms with Crippen molar-refractivity contribution in [2.24, 2.45) is 0 Å². The number of anilines is 1. The van der Waals surface area contributed by atoms with E-state index in [2.05, 4.69) is 4.98 Å². The molecule has 1 amide bonds. The maximum atomic E-state index is 12.0. The van der Waals surface area contributed by atoms with E-state index in [0.29, 0.717) is 17.6 Å². The maximum Gasteiger partial charge on any atom is 0.228 e. The molecule has 1 aliphatic carbocycles. The summed E-state index contributed by atoms with van der Waals surface area (Å²) in [6.07, 6.45) is 5.14. The SMILES string of the molecule is CN(C(=O)Cc1csc(N)n1)C1CCCC1. The smallest absolute Gasteiger partial charge is 0.228 e. The number of likely N-dealkylation sites (N-methyl/N-ethyl adjacent to an activating group) is 1. The normalized spacial score (nSPS) is 16.6. The summed E-state index contributed by atoms with van der Waals surface area (Å²) in [6.45, 7) is 0. The summed E-state index contributed by atoms with van der Waals surface area (Å²) in [5.74, 6) is 0.150. The molecule has 0 unspecified atom stereocenters. The van der Waals surface area contributed by atoms with Gasteiger partial charge in [-0.1, -0.05) is 12.8 Å². The molecule has 0 atom stereocenters. The van der Waals surface area contributed by atoms with Gasteiger partial charge in [0, 0.05) is 18.5 Å². The van der Waals surface area contributed by atoms with Gasteiger partial charge in [0.1, 0.15) is 0 Å². The lowest BCUT2D eigenvalue weighted by Gasteiger charge is -2.23. The lowest BCUT2D eigenvalue weighted by Crippen LogP contribution is -2.36. The molecule has 5 heteroatoms. The molecule has 16 heavy (non-hydrogen) atoms. The summed E-state index contributed by atoms with van der Waals surface area (Å²) in [5.41, 5.74) is 6.32. The van der Waals surface area contributed by atoms with Gasteiger partial charge in [-0.3, -0.25) is 4.79 Å². The molecular formula is C11H17N3OS. The van der Waals surface area contributed by atoms with Gasteiger partial charge < -0.3 is 10.6 Å². The first-order valence-corrected chi connectivity index (χ1v) is 6.50. The standard InChI is InChI=1S/C11H17N3OS/c1-14(9-4-2-3-5-9)10(15)6-8-7-16-11(12)13-8/h7,9H,2-6H2,1H3,(H2,12,13). The number of hydrogen-bond acceptors (Lipinski definition) is 4. The molecule has 88 valence electrons. The van der Waals surface area contributed by atoms with Crippen molar-refractivity contribution in [1.29, 1.82) is 0 Å². The topological polar surface area (TPSA) is 59.2 Å². The van der Waals surface area contributed by atoms with Gasteiger partial charge in [0.15, 0.2) is 5.13 Å². The van der Waals surface area contributed by atoms with Gasteiger partial charge in [-0.05, 0) is 12.8 Å². The summed E-state index contributed by atoms with van der Waals surface area (Å²) < 4.78 is 0. The fraction of sp³-hybridized carbons (Fsp3) is 0.636. The third-order valence-electron chi connectivity index (χ3n) is 3.17. The fourth-order valence-corrected chi connectivity index (χ4v) is 2.74. The van der Waals surface area contributed by atoms with Crippen LogP contribution < -0.4 is 5.73 Å². The van der Waals surface area contributed by atoms with Crippen LogP contribution in [0.5, 0.6) is 0 Å². The highest BCUT2D eigenvalue weighted by atomic mass is 32.1. The average Bonchev–Trinajstić information content (AvgIpc) is 2.88. The molecule has 4 nitrogen and oxygen atoms in total. The van der Waals surface area contributed by atoms with Crippen LogP contribution in [0.3, 0.4) is 0 Å². The van der Waals surface area contributed by atoms with Crippen LogP contribution in [0, 0.1) is 0 Å². The highest BCUT2D eigenvalue weighted by Crippen LogP contribution is 2.23. The summed E-state index contributed by atoms with van der Waals surface area (Å²) >= 11 is 1.39. The summed E-state index contributed by atoms with van der Waals surface area (Å²) in [6, 6.07) is 0.434. The number of aromatic nitrogens is 1. The van der Waals surface area contributed by atoms with E-state index in [4.69, 9.17) is 5.73 Å². The van der Waals surface area contributed by atoms with Crippen LogP contribution in [0.15, 0.2) is 5.38 Å². The molecule has 2 N–H and O–H groups in total. The van der Waals surface area contributed by atoms with Crippen molar-refractivity contribution < 1.29 is 4.79 Å². The summed E-state index contributed by atoms with van der Waals surface area (Å²) in [7, 11) is 1.90. The predicted molar refractivity (Wildman–Crippen MR) is 65.3 cm³/mol. The number of nitrogen functional groups attached to an aromatic ring is 1. The van der Waals surface area contributed by atoms with Crippen molar-refractivity contribution in [2.75, 3.05) is 12.8 Å². The number of thiazole rings is 1. The molecule has 0 aromatic carbocycles. The quantitative estimate of drug-likeness (QED) is 0.873. The van der Waals surface area contributed by atoms with Crippen LogP contribution in [0.25, 0.3) is 0 Å². The van der Waals surface area contributed by atoms with Crippen molar-refractivity contribution in [3.05, 3.63) is 11.1 Å². The van der Waals surface area contributed by atoms with Crippen molar-refractivity contribution in [3.63, 3.8) is 0 Å². The highest BCUT2D eigenvalue weighted by molar-refractivity contribution is 7.13. The van der Waals surface area contributed by atoms with E-state index in [9.17, 15) is 4.79 Å². The molecule has 1 aromatic heterocycles. The van der Waals surface area contributed by atoms with Crippen LogP contribution >= 0.6 is 11.3 Å². The van der Waals surface area contributed by atoms with Crippen molar-refractivity contribution >= 4 is 22.4 Å². The summed E-state index contributed by atoms with van der Waals surface area (Å²) in [5, 5.41) is 2.39. The minimum atomic E-state index is 0.150. The summed E-state index contributed by atoms with van der Waals surface area (Å²) in [4.78, 5) is 17.9. The van der Waals surface area contributed by atoms with E-state index in [-0.39, 0.29) is 5.91 Å². The van der Waals surface area contributed by atoms with E-state index in [1.165, 1.54) is 24.2 Å². The fourth-order valence-electron chi connectivity index (χ4n) is 2.18. The molecule has 1 aliphatic rings. The second kappa shape index (κ2) is 4.82. The zero-order valence-corrected chi connectivity index (χ0v) is 10.3. The van der Waals surface area contributed by atoms with Crippen LogP contribution in [0.2, 0.25) is 0 Å². The predicted octanol–water partition coefficient (Wildman–Crippen LogP) is 1.67. The molecule has 1 fully saturated rings. The molecular weight excluding hydrogens is 222 g/mol. The van der Waals surface area contributed by atoms with E-state index in [1.54, 1.807) is 0 Å². The Labute approximate surface area is 99.5 Å². The Kier molecular flexibility index (Phi) is 3.43. The van der Waals surface area contributed by atoms with Gasteiger partial charge in [0.05, 0.1) is 12.1 Å². The van der Waals surface area contributed by atoms with Gasteiger partial charge in [0.25, 0.3) is 0 Å². The zero-order valence-electron chi connectivity index (χ0n) is 9.48. The molecule has 1 saturated carbocycles. The molecule has 0 spiro atoms. The number of carbonyl (C=O) groups is 1. The van der Waals surface area contributed by atoms with E-state index in [0.717, 1.165) is 18.5 Å². The molecule has 1 heterocycles.